The molecule has 6 heteroatoms. The van der Waals surface area contributed by atoms with Crippen LogP contribution in [0.25, 0.3) is 16.8 Å². The quantitative estimate of drug-likeness (QED) is 0.763. The number of hydrogen-bond donors (Lipinski definition) is 2. The second-order valence-corrected chi connectivity index (χ2v) is 7.51. The van der Waals surface area contributed by atoms with Crippen LogP contribution in [0, 0.1) is 0 Å². The molecule has 1 unspecified atom stereocenters. The number of nitrogens with zero attached hydrogens (tertiary/aromatic N) is 3. The third-order valence-corrected chi connectivity index (χ3v) is 5.48. The third-order valence-electron chi connectivity index (χ3n) is 5.48. The summed E-state index contributed by atoms with van der Waals surface area (Å²) in [4.78, 5) is 24.1. The Hall–Kier alpha value is -2.21. The SMILES string of the molecule is CC(=O)CC(C)c1c[nH]c2ncc3nc(C4CCC(N)CC4)cn3c12. The highest BCUT2D eigenvalue weighted by atomic mass is 16.1. The molecule has 4 rings (SSSR count). The average molecular weight is 339 g/mol. The Labute approximate surface area is 146 Å². The molecule has 0 spiro atoms. The summed E-state index contributed by atoms with van der Waals surface area (Å²) in [7, 11) is 0. The molecule has 0 amide bonds. The zero-order chi connectivity index (χ0) is 17.6. The van der Waals surface area contributed by atoms with Crippen molar-refractivity contribution in [3.8, 4) is 0 Å². The van der Waals surface area contributed by atoms with Crippen molar-refractivity contribution < 1.29 is 4.79 Å². The topological polar surface area (TPSA) is 89.1 Å². The summed E-state index contributed by atoms with van der Waals surface area (Å²) in [5.74, 6) is 0.829. The Kier molecular flexibility index (Phi) is 4.07. The summed E-state index contributed by atoms with van der Waals surface area (Å²) in [5.41, 5.74) is 11.0. The molecule has 1 aliphatic carbocycles. The van der Waals surface area contributed by atoms with E-state index in [0.717, 1.165) is 53.8 Å². The summed E-state index contributed by atoms with van der Waals surface area (Å²) >= 11 is 0. The molecule has 3 aromatic heterocycles. The minimum Gasteiger partial charge on any atom is -0.345 e. The number of carbonyl (C=O) groups excluding carboxylic acids is 1. The van der Waals surface area contributed by atoms with Gasteiger partial charge in [-0.2, -0.15) is 0 Å². The van der Waals surface area contributed by atoms with Gasteiger partial charge >= 0.3 is 0 Å². The maximum Gasteiger partial charge on any atom is 0.156 e. The first-order chi connectivity index (χ1) is 12.0. The summed E-state index contributed by atoms with van der Waals surface area (Å²) in [5, 5.41) is 0. The Balaban J connectivity index is 1.77. The van der Waals surface area contributed by atoms with Gasteiger partial charge in [0.1, 0.15) is 5.78 Å². The molecule has 132 valence electrons. The molecule has 0 aromatic carbocycles. The van der Waals surface area contributed by atoms with Crippen molar-refractivity contribution in [3.05, 3.63) is 29.8 Å². The summed E-state index contributed by atoms with van der Waals surface area (Å²) in [6.45, 7) is 3.73. The molecule has 3 heterocycles. The van der Waals surface area contributed by atoms with E-state index in [1.165, 1.54) is 0 Å². The molecule has 1 atom stereocenters. The van der Waals surface area contributed by atoms with E-state index in [2.05, 4.69) is 27.5 Å². The van der Waals surface area contributed by atoms with Gasteiger partial charge in [-0.15, -0.1) is 0 Å². The van der Waals surface area contributed by atoms with Crippen molar-refractivity contribution in [1.82, 2.24) is 19.4 Å². The van der Waals surface area contributed by atoms with Crippen LogP contribution in [0.3, 0.4) is 0 Å². The van der Waals surface area contributed by atoms with E-state index in [-0.39, 0.29) is 11.7 Å². The molecule has 1 fully saturated rings. The smallest absolute Gasteiger partial charge is 0.156 e. The van der Waals surface area contributed by atoms with Crippen LogP contribution in [-0.4, -0.2) is 31.2 Å². The highest BCUT2D eigenvalue weighted by molar-refractivity contribution is 5.81. The Bertz CT molecular complexity index is 917. The maximum atomic E-state index is 11.5. The second kappa shape index (κ2) is 6.26. The number of imidazole rings is 1. The monoisotopic (exact) mass is 339 g/mol. The predicted molar refractivity (Wildman–Crippen MR) is 97.7 cm³/mol. The van der Waals surface area contributed by atoms with E-state index in [0.29, 0.717) is 18.4 Å². The van der Waals surface area contributed by atoms with Gasteiger partial charge in [-0.25, -0.2) is 9.97 Å². The molecular formula is C19H25N5O. The number of ketones is 1. The number of aromatic nitrogens is 4. The van der Waals surface area contributed by atoms with E-state index < -0.39 is 0 Å². The molecular weight excluding hydrogens is 314 g/mol. The van der Waals surface area contributed by atoms with Crippen LogP contribution in [0.1, 0.15) is 69.0 Å². The second-order valence-electron chi connectivity index (χ2n) is 7.51. The van der Waals surface area contributed by atoms with E-state index in [1.54, 1.807) is 6.92 Å². The number of hydrogen-bond acceptors (Lipinski definition) is 4. The van der Waals surface area contributed by atoms with Gasteiger partial charge in [0.15, 0.2) is 11.3 Å². The zero-order valence-corrected chi connectivity index (χ0v) is 14.8. The molecule has 3 N–H and O–H groups in total. The van der Waals surface area contributed by atoms with E-state index in [4.69, 9.17) is 10.7 Å². The predicted octanol–water partition coefficient (Wildman–Crippen LogP) is 3.28. The molecule has 0 saturated heterocycles. The summed E-state index contributed by atoms with van der Waals surface area (Å²) in [6.07, 6.45) is 10.8. The van der Waals surface area contributed by atoms with Gasteiger partial charge in [0.25, 0.3) is 0 Å². The van der Waals surface area contributed by atoms with Crippen LogP contribution >= 0.6 is 0 Å². The first kappa shape index (κ1) is 16.3. The minimum atomic E-state index is 0.150. The van der Waals surface area contributed by atoms with Crippen LogP contribution in [0.5, 0.6) is 0 Å². The molecule has 0 aliphatic heterocycles. The summed E-state index contributed by atoms with van der Waals surface area (Å²) < 4.78 is 2.13. The van der Waals surface area contributed by atoms with Gasteiger partial charge in [-0.05, 0) is 44.1 Å². The number of nitrogens with two attached hydrogens (primary N) is 1. The van der Waals surface area contributed by atoms with Gasteiger partial charge < -0.3 is 15.5 Å². The highest BCUT2D eigenvalue weighted by Gasteiger charge is 2.23. The lowest BCUT2D eigenvalue weighted by Crippen LogP contribution is -2.25. The van der Waals surface area contributed by atoms with Gasteiger partial charge in [0.05, 0.1) is 17.4 Å². The van der Waals surface area contributed by atoms with E-state index >= 15 is 0 Å². The van der Waals surface area contributed by atoms with Gasteiger partial charge in [-0.1, -0.05) is 6.92 Å². The summed E-state index contributed by atoms with van der Waals surface area (Å²) in [6, 6.07) is 0.338. The first-order valence-electron chi connectivity index (χ1n) is 9.13. The van der Waals surface area contributed by atoms with Crippen molar-refractivity contribution in [2.24, 2.45) is 5.73 Å². The van der Waals surface area contributed by atoms with Gasteiger partial charge in [-0.3, -0.25) is 4.40 Å². The molecule has 3 aromatic rings. The highest BCUT2D eigenvalue weighted by Crippen LogP contribution is 2.33. The number of fused-ring (bicyclic) bond motifs is 3. The molecule has 0 radical (unpaired) electrons. The fraction of sp³-hybridized carbons (Fsp3) is 0.526. The Morgan fingerprint density at radius 1 is 1.40 bits per heavy atom. The molecule has 1 aliphatic rings. The standard InChI is InChI=1S/C19H25N5O/c1-11(7-12(2)25)15-8-21-19-18(15)24-10-16(23-17(24)9-22-19)13-3-5-14(20)6-4-13/h8-11,13-14,21H,3-7,20H2,1-2H3. The lowest BCUT2D eigenvalue weighted by molar-refractivity contribution is -0.117. The fourth-order valence-corrected chi connectivity index (χ4v) is 4.11. The molecule has 0 bridgehead atoms. The number of H-pyrrole nitrogens is 1. The van der Waals surface area contributed by atoms with Gasteiger partial charge in [0.2, 0.25) is 0 Å². The van der Waals surface area contributed by atoms with Crippen molar-refractivity contribution >= 4 is 22.6 Å². The van der Waals surface area contributed by atoms with Crippen LogP contribution in [0.4, 0.5) is 0 Å². The third kappa shape index (κ3) is 2.95. The molecule has 1 saturated carbocycles. The average Bonchev–Trinajstić information content (AvgIpc) is 3.18. The van der Waals surface area contributed by atoms with Crippen molar-refractivity contribution in [3.63, 3.8) is 0 Å². The first-order valence-corrected chi connectivity index (χ1v) is 9.13. The molecule has 6 nitrogen and oxygen atoms in total. The van der Waals surface area contributed by atoms with Crippen molar-refractivity contribution in [2.75, 3.05) is 0 Å². The van der Waals surface area contributed by atoms with E-state index in [1.807, 2.05) is 12.4 Å². The van der Waals surface area contributed by atoms with Crippen LogP contribution in [0.15, 0.2) is 18.6 Å². The fourth-order valence-electron chi connectivity index (χ4n) is 4.11. The number of aromatic amines is 1. The molecule has 25 heavy (non-hydrogen) atoms. The normalized spacial score (nSPS) is 22.5. The number of carbonyl (C=O) groups is 1. The van der Waals surface area contributed by atoms with Crippen LogP contribution in [0.2, 0.25) is 0 Å². The maximum absolute atomic E-state index is 11.5. The lowest BCUT2D eigenvalue weighted by atomic mass is 9.85. The van der Waals surface area contributed by atoms with E-state index in [9.17, 15) is 4.79 Å². The number of nitrogens with one attached hydrogen (secondary N) is 1. The van der Waals surface area contributed by atoms with Gasteiger partial charge in [0, 0.05) is 30.8 Å². The Morgan fingerprint density at radius 3 is 2.88 bits per heavy atom. The number of Topliss-reactive ketones (excluding diaryl/α,β-unsaturated/α-hetero) is 1. The van der Waals surface area contributed by atoms with Crippen LogP contribution in [-0.2, 0) is 4.79 Å². The minimum absolute atomic E-state index is 0.150. The van der Waals surface area contributed by atoms with Crippen molar-refractivity contribution in [1.29, 1.82) is 0 Å². The van der Waals surface area contributed by atoms with Crippen LogP contribution < -0.4 is 5.73 Å². The largest absolute Gasteiger partial charge is 0.345 e. The Morgan fingerprint density at radius 2 is 2.16 bits per heavy atom. The zero-order valence-electron chi connectivity index (χ0n) is 14.8. The van der Waals surface area contributed by atoms with Crippen molar-refractivity contribution in [2.45, 2.75) is 63.8 Å². The number of rotatable bonds is 4. The lowest BCUT2D eigenvalue weighted by Gasteiger charge is -2.24.